The predicted octanol–water partition coefficient (Wildman–Crippen LogP) is 4.31. The number of nitrogens with two attached hydrogens (primary N) is 1. The van der Waals surface area contributed by atoms with Gasteiger partial charge in [0.25, 0.3) is 0 Å². The van der Waals surface area contributed by atoms with E-state index in [1.165, 1.54) is 24.3 Å². The van der Waals surface area contributed by atoms with Crippen LogP contribution in [-0.2, 0) is 0 Å². The van der Waals surface area contributed by atoms with Crippen LogP contribution in [0, 0.1) is 15.9 Å². The number of hydrogen-bond acceptors (Lipinski definition) is 4. The lowest BCUT2D eigenvalue weighted by Gasteiger charge is -2.11. The zero-order valence-electron chi connectivity index (χ0n) is 11.0. The van der Waals surface area contributed by atoms with Crippen LogP contribution in [0.4, 0.5) is 10.1 Å². The van der Waals surface area contributed by atoms with Crippen molar-refractivity contribution < 1.29 is 14.1 Å². The van der Waals surface area contributed by atoms with Gasteiger partial charge in [0.1, 0.15) is 0 Å². The first kappa shape index (κ1) is 15.4. The van der Waals surface area contributed by atoms with E-state index >= 15 is 0 Å². The quantitative estimate of drug-likeness (QED) is 0.655. The summed E-state index contributed by atoms with van der Waals surface area (Å²) in [4.78, 5) is 10.4. The van der Waals surface area contributed by atoms with Crippen LogP contribution >= 0.6 is 15.9 Å². The fourth-order valence-electron chi connectivity index (χ4n) is 1.74. The first-order chi connectivity index (χ1) is 9.90. The maximum atomic E-state index is 14.0. The molecule has 2 aromatic rings. The molecule has 0 aliphatic heterocycles. The molecule has 1 atom stereocenters. The highest BCUT2D eigenvalue weighted by atomic mass is 79.9. The number of benzene rings is 2. The van der Waals surface area contributed by atoms with Gasteiger partial charge >= 0.3 is 5.69 Å². The Morgan fingerprint density at radius 3 is 2.67 bits per heavy atom. The number of hydrogen-bond donors (Lipinski definition) is 1. The van der Waals surface area contributed by atoms with Gasteiger partial charge in [-0.15, -0.1) is 0 Å². The Morgan fingerprint density at radius 2 is 2.10 bits per heavy atom. The third-order valence-electron chi connectivity index (χ3n) is 2.84. The zero-order valence-corrected chi connectivity index (χ0v) is 12.6. The van der Waals surface area contributed by atoms with E-state index in [1.54, 1.807) is 19.1 Å². The van der Waals surface area contributed by atoms with Crippen molar-refractivity contribution in [1.29, 1.82) is 0 Å². The lowest BCUT2D eigenvalue weighted by molar-refractivity contribution is -0.385. The van der Waals surface area contributed by atoms with Gasteiger partial charge in [-0.3, -0.25) is 10.1 Å². The Morgan fingerprint density at radius 1 is 1.38 bits per heavy atom. The average molecular weight is 355 g/mol. The lowest BCUT2D eigenvalue weighted by Crippen LogP contribution is -2.05. The van der Waals surface area contributed by atoms with Gasteiger partial charge in [-0.1, -0.05) is 12.1 Å². The number of halogens is 2. The zero-order chi connectivity index (χ0) is 15.6. The fraction of sp³-hybridized carbons (Fsp3) is 0.143. The van der Waals surface area contributed by atoms with E-state index in [0.29, 0.717) is 10.0 Å². The molecule has 0 heterocycles. The minimum absolute atomic E-state index is 0.0463. The fourth-order valence-corrected chi connectivity index (χ4v) is 2.17. The van der Waals surface area contributed by atoms with Gasteiger partial charge in [0.2, 0.25) is 5.75 Å². The van der Waals surface area contributed by atoms with Gasteiger partial charge in [0, 0.05) is 12.1 Å². The molecule has 0 radical (unpaired) electrons. The maximum absolute atomic E-state index is 14.0. The van der Waals surface area contributed by atoms with Crippen molar-refractivity contribution in [2.75, 3.05) is 0 Å². The van der Waals surface area contributed by atoms with Crippen LogP contribution in [0.15, 0.2) is 40.9 Å². The minimum atomic E-state index is -0.630. The minimum Gasteiger partial charge on any atom is -0.446 e. The van der Waals surface area contributed by atoms with Crippen LogP contribution < -0.4 is 10.5 Å². The van der Waals surface area contributed by atoms with E-state index in [0.717, 1.165) is 0 Å². The number of para-hydroxylation sites is 1. The molecule has 21 heavy (non-hydrogen) atoms. The molecule has 5 nitrogen and oxygen atoms in total. The predicted molar refractivity (Wildman–Crippen MR) is 79.9 cm³/mol. The molecule has 2 aromatic carbocycles. The molecule has 0 aliphatic carbocycles. The monoisotopic (exact) mass is 354 g/mol. The Balaban J connectivity index is 2.41. The van der Waals surface area contributed by atoms with Gasteiger partial charge < -0.3 is 10.5 Å². The van der Waals surface area contributed by atoms with Gasteiger partial charge in [-0.05, 0) is 46.6 Å². The molecule has 0 unspecified atom stereocenters. The third-order valence-corrected chi connectivity index (χ3v) is 3.46. The highest BCUT2D eigenvalue weighted by Crippen LogP contribution is 2.38. The average Bonchev–Trinajstić information content (AvgIpc) is 2.42. The second-order valence-electron chi connectivity index (χ2n) is 4.43. The van der Waals surface area contributed by atoms with E-state index in [9.17, 15) is 14.5 Å². The maximum Gasteiger partial charge on any atom is 0.312 e. The van der Waals surface area contributed by atoms with E-state index < -0.39 is 10.7 Å². The van der Waals surface area contributed by atoms with Gasteiger partial charge in [0.15, 0.2) is 11.6 Å². The Kier molecular flexibility index (Phi) is 4.54. The van der Waals surface area contributed by atoms with Crippen molar-refractivity contribution in [3.63, 3.8) is 0 Å². The highest BCUT2D eigenvalue weighted by Gasteiger charge is 2.20. The van der Waals surface area contributed by atoms with Crippen molar-refractivity contribution in [1.82, 2.24) is 0 Å². The van der Waals surface area contributed by atoms with Gasteiger partial charge in [-0.2, -0.15) is 0 Å². The summed E-state index contributed by atoms with van der Waals surface area (Å²) in [6, 6.07) is 8.33. The van der Waals surface area contributed by atoms with Crippen LogP contribution in [0.5, 0.6) is 11.5 Å². The number of nitro benzene ring substituents is 1. The lowest BCUT2D eigenvalue weighted by atomic mass is 10.1. The second kappa shape index (κ2) is 6.19. The largest absolute Gasteiger partial charge is 0.446 e. The van der Waals surface area contributed by atoms with Gasteiger partial charge in [-0.25, -0.2) is 4.39 Å². The molecule has 0 amide bonds. The van der Waals surface area contributed by atoms with Crippen LogP contribution in [0.3, 0.4) is 0 Å². The van der Waals surface area contributed by atoms with E-state index in [4.69, 9.17) is 10.5 Å². The van der Waals surface area contributed by atoms with Crippen molar-refractivity contribution in [2.45, 2.75) is 13.0 Å². The molecule has 0 saturated heterocycles. The Hall–Kier alpha value is -1.99. The number of rotatable bonds is 4. The third kappa shape index (κ3) is 3.37. The summed E-state index contributed by atoms with van der Waals surface area (Å²) in [7, 11) is 0. The molecule has 0 fully saturated rings. The molecule has 0 aromatic heterocycles. The number of ether oxygens (including phenoxy) is 1. The molecule has 2 rings (SSSR count). The van der Waals surface area contributed by atoms with Crippen molar-refractivity contribution >= 4 is 21.6 Å². The molecule has 0 aliphatic rings. The topological polar surface area (TPSA) is 78.4 Å². The van der Waals surface area contributed by atoms with E-state index in [-0.39, 0.29) is 23.2 Å². The molecular formula is C14H12BrFN2O3. The molecule has 0 saturated carbocycles. The summed E-state index contributed by atoms with van der Waals surface area (Å²) >= 11 is 3.16. The molecular weight excluding hydrogens is 343 g/mol. The van der Waals surface area contributed by atoms with Crippen molar-refractivity contribution in [2.24, 2.45) is 5.73 Å². The number of nitro groups is 1. The normalized spacial score (nSPS) is 12.0. The summed E-state index contributed by atoms with van der Waals surface area (Å²) in [5.74, 6) is -0.779. The second-order valence-corrected chi connectivity index (χ2v) is 5.28. The molecule has 110 valence electrons. The smallest absolute Gasteiger partial charge is 0.312 e. The Bertz CT molecular complexity index is 692. The van der Waals surface area contributed by atoms with Crippen LogP contribution in [0.1, 0.15) is 18.5 Å². The van der Waals surface area contributed by atoms with Crippen LogP contribution in [0.25, 0.3) is 0 Å². The molecule has 2 N–H and O–H groups in total. The Labute approximate surface area is 128 Å². The van der Waals surface area contributed by atoms with Crippen molar-refractivity contribution in [3.8, 4) is 11.5 Å². The summed E-state index contributed by atoms with van der Waals surface area (Å²) in [6.07, 6.45) is 0. The SMILES string of the molecule is C[C@@H](N)c1ccc(Oc2c(Br)cccc2[N+](=O)[O-])c(F)c1. The van der Waals surface area contributed by atoms with Crippen molar-refractivity contribution in [3.05, 3.63) is 62.4 Å². The number of nitrogens with zero attached hydrogens (tertiary/aromatic N) is 1. The van der Waals surface area contributed by atoms with Gasteiger partial charge in [0.05, 0.1) is 9.40 Å². The van der Waals surface area contributed by atoms with Crippen LogP contribution in [0.2, 0.25) is 0 Å². The van der Waals surface area contributed by atoms with E-state index in [2.05, 4.69) is 15.9 Å². The highest BCUT2D eigenvalue weighted by molar-refractivity contribution is 9.10. The summed E-state index contributed by atoms with van der Waals surface area (Å²) in [5.41, 5.74) is 6.03. The van der Waals surface area contributed by atoms with Crippen LogP contribution in [-0.4, -0.2) is 4.92 Å². The molecule has 0 bridgehead atoms. The molecule has 7 heteroatoms. The van der Waals surface area contributed by atoms with E-state index in [1.807, 2.05) is 0 Å². The summed E-state index contributed by atoms with van der Waals surface area (Å²) < 4.78 is 19.7. The summed E-state index contributed by atoms with van der Waals surface area (Å²) in [6.45, 7) is 1.73. The molecule has 0 spiro atoms. The first-order valence-electron chi connectivity index (χ1n) is 6.06. The standard InChI is InChI=1S/C14H12BrFN2O3/c1-8(17)9-5-6-13(11(16)7-9)21-14-10(15)3-2-4-12(14)18(19)20/h2-8H,17H2,1H3/t8-/m1/s1. The first-order valence-corrected chi connectivity index (χ1v) is 6.85. The summed E-state index contributed by atoms with van der Waals surface area (Å²) in [5, 5.41) is 11.0.